The summed E-state index contributed by atoms with van der Waals surface area (Å²) in [6.07, 6.45) is 4.60. The summed E-state index contributed by atoms with van der Waals surface area (Å²) in [4.78, 5) is 24.3. The SMILES string of the molecule is CCOC(=O)C(C)(C)Oc1c(C)cc(CN(Cc2ncco2)C(c2ncno2)c2cccs2)cc1C. The van der Waals surface area contributed by atoms with E-state index < -0.39 is 11.6 Å². The minimum atomic E-state index is -1.10. The molecule has 3 heterocycles. The number of aryl methyl sites for hydroxylation is 2. The van der Waals surface area contributed by atoms with E-state index in [4.69, 9.17) is 18.4 Å². The second kappa shape index (κ2) is 11.0. The minimum absolute atomic E-state index is 0.279. The molecule has 9 nitrogen and oxygen atoms in total. The highest BCUT2D eigenvalue weighted by Gasteiger charge is 2.33. The zero-order chi connectivity index (χ0) is 25.7. The topological polar surface area (TPSA) is 104 Å². The van der Waals surface area contributed by atoms with Gasteiger partial charge in [0.1, 0.15) is 18.1 Å². The molecule has 36 heavy (non-hydrogen) atoms. The number of carbonyl (C=O) groups is 1. The van der Waals surface area contributed by atoms with Crippen molar-refractivity contribution in [2.45, 2.75) is 59.4 Å². The van der Waals surface area contributed by atoms with E-state index in [1.807, 2.05) is 31.4 Å². The Bertz CT molecular complexity index is 1200. The Morgan fingerprint density at radius 2 is 1.97 bits per heavy atom. The molecule has 0 fully saturated rings. The summed E-state index contributed by atoms with van der Waals surface area (Å²) in [6, 6.07) is 7.89. The van der Waals surface area contributed by atoms with Crippen molar-refractivity contribution in [3.63, 3.8) is 0 Å². The first-order valence-electron chi connectivity index (χ1n) is 11.7. The Balaban J connectivity index is 1.65. The van der Waals surface area contributed by atoms with Crippen LogP contribution in [0.15, 0.2) is 57.4 Å². The number of hydrogen-bond donors (Lipinski definition) is 0. The van der Waals surface area contributed by atoms with Gasteiger partial charge in [-0.05, 0) is 62.8 Å². The third-order valence-corrected chi connectivity index (χ3v) is 6.57. The largest absolute Gasteiger partial charge is 0.476 e. The predicted molar refractivity (Wildman–Crippen MR) is 133 cm³/mol. The molecule has 0 saturated heterocycles. The molecule has 1 aromatic carbocycles. The molecular weight excluding hydrogens is 480 g/mol. The Kier molecular flexibility index (Phi) is 7.85. The standard InChI is InChI=1S/C26H30N4O5S/c1-6-32-25(31)26(4,5)34-23-17(2)12-19(13-18(23)3)14-30(15-21-27-9-10-33-21)22(20-8-7-11-36-20)24-28-16-29-35-24/h7-13,16,22H,6,14-15H2,1-5H3. The predicted octanol–water partition coefficient (Wildman–Crippen LogP) is 5.25. The molecule has 1 unspecified atom stereocenters. The zero-order valence-corrected chi connectivity index (χ0v) is 21.9. The van der Waals surface area contributed by atoms with Crippen molar-refractivity contribution in [2.24, 2.45) is 0 Å². The molecule has 0 aliphatic rings. The number of nitrogens with zero attached hydrogens (tertiary/aromatic N) is 4. The maximum atomic E-state index is 12.4. The summed E-state index contributed by atoms with van der Waals surface area (Å²) >= 11 is 1.62. The summed E-state index contributed by atoms with van der Waals surface area (Å²) in [5.41, 5.74) is 1.79. The number of aromatic nitrogens is 3. The number of hydrogen-bond acceptors (Lipinski definition) is 10. The number of rotatable bonds is 11. The van der Waals surface area contributed by atoms with Crippen LogP contribution in [0.1, 0.15) is 60.2 Å². The first-order chi connectivity index (χ1) is 17.3. The maximum Gasteiger partial charge on any atom is 0.349 e. The van der Waals surface area contributed by atoms with E-state index in [0.29, 0.717) is 37.2 Å². The van der Waals surface area contributed by atoms with Crippen LogP contribution in [0.5, 0.6) is 5.75 Å². The summed E-state index contributed by atoms with van der Waals surface area (Å²) in [5, 5.41) is 5.86. The minimum Gasteiger partial charge on any atom is -0.476 e. The molecule has 0 aliphatic heterocycles. The first kappa shape index (κ1) is 25.6. The van der Waals surface area contributed by atoms with Gasteiger partial charge in [-0.2, -0.15) is 4.98 Å². The molecule has 3 aromatic heterocycles. The van der Waals surface area contributed by atoms with Gasteiger partial charge in [-0.15, -0.1) is 11.3 Å². The second-order valence-electron chi connectivity index (χ2n) is 8.92. The molecule has 0 N–H and O–H groups in total. The van der Waals surface area contributed by atoms with Gasteiger partial charge in [0.25, 0.3) is 0 Å². The van der Waals surface area contributed by atoms with Crippen LogP contribution in [0, 0.1) is 13.8 Å². The molecule has 0 spiro atoms. The third kappa shape index (κ3) is 5.83. The molecular formula is C26H30N4O5S. The van der Waals surface area contributed by atoms with Gasteiger partial charge in [0.2, 0.25) is 11.8 Å². The number of ether oxygens (including phenoxy) is 2. The molecule has 0 radical (unpaired) electrons. The summed E-state index contributed by atoms with van der Waals surface area (Å²) < 4.78 is 22.4. The van der Waals surface area contributed by atoms with Crippen LogP contribution in [0.3, 0.4) is 0 Å². The van der Waals surface area contributed by atoms with E-state index in [2.05, 4.69) is 32.2 Å². The van der Waals surface area contributed by atoms with Crippen LogP contribution >= 0.6 is 11.3 Å². The average molecular weight is 511 g/mol. The molecule has 4 aromatic rings. The van der Waals surface area contributed by atoms with Crippen LogP contribution in [0.2, 0.25) is 0 Å². The van der Waals surface area contributed by atoms with Crippen molar-refractivity contribution in [2.75, 3.05) is 6.61 Å². The fraction of sp³-hybridized carbons (Fsp3) is 0.385. The average Bonchev–Trinajstić information content (AvgIpc) is 3.61. The van der Waals surface area contributed by atoms with E-state index in [9.17, 15) is 4.79 Å². The van der Waals surface area contributed by atoms with Crippen molar-refractivity contribution in [1.82, 2.24) is 20.0 Å². The van der Waals surface area contributed by atoms with E-state index in [1.165, 1.54) is 6.33 Å². The first-order valence-corrected chi connectivity index (χ1v) is 12.5. The molecule has 0 aliphatic carbocycles. The summed E-state index contributed by atoms with van der Waals surface area (Å²) in [7, 11) is 0. The molecule has 190 valence electrons. The van der Waals surface area contributed by atoms with Gasteiger partial charge >= 0.3 is 5.97 Å². The quantitative estimate of drug-likeness (QED) is 0.250. The van der Waals surface area contributed by atoms with E-state index >= 15 is 0 Å². The van der Waals surface area contributed by atoms with Crippen LogP contribution in [0.4, 0.5) is 0 Å². The van der Waals surface area contributed by atoms with Gasteiger partial charge in [0.05, 0.1) is 19.3 Å². The second-order valence-corrected chi connectivity index (χ2v) is 9.90. The lowest BCUT2D eigenvalue weighted by atomic mass is 10.0. The lowest BCUT2D eigenvalue weighted by Gasteiger charge is -2.29. The molecule has 1 atom stereocenters. The highest BCUT2D eigenvalue weighted by atomic mass is 32.1. The number of benzene rings is 1. The molecule has 10 heteroatoms. The van der Waals surface area contributed by atoms with E-state index in [1.54, 1.807) is 44.6 Å². The summed E-state index contributed by atoms with van der Waals surface area (Å²) in [6.45, 7) is 10.4. The third-order valence-electron chi connectivity index (χ3n) is 5.64. The van der Waals surface area contributed by atoms with Crippen molar-refractivity contribution in [3.05, 3.63) is 81.8 Å². The lowest BCUT2D eigenvalue weighted by Crippen LogP contribution is -2.40. The Morgan fingerprint density at radius 3 is 2.56 bits per heavy atom. The highest BCUT2D eigenvalue weighted by molar-refractivity contribution is 7.10. The highest BCUT2D eigenvalue weighted by Crippen LogP contribution is 2.35. The monoisotopic (exact) mass is 510 g/mol. The van der Waals surface area contributed by atoms with Crippen LogP contribution in [-0.4, -0.2) is 38.2 Å². The van der Waals surface area contributed by atoms with Crippen molar-refractivity contribution in [3.8, 4) is 5.75 Å². The smallest absolute Gasteiger partial charge is 0.349 e. The van der Waals surface area contributed by atoms with Crippen molar-refractivity contribution >= 4 is 17.3 Å². The molecule has 4 rings (SSSR count). The fourth-order valence-electron chi connectivity index (χ4n) is 4.08. The number of thiophene rings is 1. The molecule has 0 saturated carbocycles. The van der Waals surface area contributed by atoms with Crippen LogP contribution in [0.25, 0.3) is 0 Å². The Morgan fingerprint density at radius 1 is 1.19 bits per heavy atom. The van der Waals surface area contributed by atoms with Crippen LogP contribution in [-0.2, 0) is 22.6 Å². The Labute approximate surface area is 214 Å². The molecule has 0 bridgehead atoms. The van der Waals surface area contributed by atoms with Gasteiger partial charge in [-0.25, -0.2) is 9.78 Å². The number of oxazole rings is 1. The van der Waals surface area contributed by atoms with Crippen molar-refractivity contribution < 1.29 is 23.2 Å². The van der Waals surface area contributed by atoms with Crippen molar-refractivity contribution in [1.29, 1.82) is 0 Å². The number of esters is 1. The van der Waals surface area contributed by atoms with Crippen LogP contribution < -0.4 is 4.74 Å². The van der Waals surface area contributed by atoms with Gasteiger partial charge in [-0.1, -0.05) is 23.4 Å². The fourth-order valence-corrected chi connectivity index (χ4v) is 4.93. The maximum absolute atomic E-state index is 12.4. The van der Waals surface area contributed by atoms with E-state index in [-0.39, 0.29) is 6.04 Å². The van der Waals surface area contributed by atoms with Gasteiger partial charge < -0.3 is 18.4 Å². The van der Waals surface area contributed by atoms with E-state index in [0.717, 1.165) is 21.6 Å². The van der Waals surface area contributed by atoms with Gasteiger partial charge in [0.15, 0.2) is 11.9 Å². The summed E-state index contributed by atoms with van der Waals surface area (Å²) in [5.74, 6) is 1.35. The van der Waals surface area contributed by atoms with Gasteiger partial charge in [0, 0.05) is 11.4 Å². The number of carbonyl (C=O) groups excluding carboxylic acids is 1. The Hall–Kier alpha value is -3.50. The zero-order valence-electron chi connectivity index (χ0n) is 21.1. The normalized spacial score (nSPS) is 12.6. The molecule has 0 amide bonds. The van der Waals surface area contributed by atoms with Gasteiger partial charge in [-0.3, -0.25) is 4.90 Å². The lowest BCUT2D eigenvalue weighted by molar-refractivity contribution is -0.158.